The first-order valence-electron chi connectivity index (χ1n) is 8.73. The third-order valence-corrected chi connectivity index (χ3v) is 4.65. The van der Waals surface area contributed by atoms with Crippen molar-refractivity contribution in [1.82, 2.24) is 4.90 Å². The molecular weight excluding hydrogens is 342 g/mol. The number of urea groups is 1. The van der Waals surface area contributed by atoms with Gasteiger partial charge in [-0.1, -0.05) is 6.92 Å². The van der Waals surface area contributed by atoms with Gasteiger partial charge in [0.05, 0.1) is 31.9 Å². The Bertz CT molecular complexity index is 858. The maximum atomic E-state index is 12.8. The minimum absolute atomic E-state index is 0.214. The van der Waals surface area contributed by atoms with Crippen LogP contribution in [-0.4, -0.2) is 32.2 Å². The largest absolute Gasteiger partial charge is 0.497 e. The van der Waals surface area contributed by atoms with E-state index in [4.69, 9.17) is 14.7 Å². The molecule has 2 amide bonds. The molecule has 0 aliphatic carbocycles. The molecule has 0 unspecified atom stereocenters. The predicted molar refractivity (Wildman–Crippen MR) is 105 cm³/mol. The van der Waals surface area contributed by atoms with E-state index in [1.54, 1.807) is 50.4 Å². The van der Waals surface area contributed by atoms with Crippen LogP contribution in [0.5, 0.6) is 11.5 Å². The number of aryl methyl sites for hydroxylation is 1. The van der Waals surface area contributed by atoms with Crippen LogP contribution < -0.4 is 14.8 Å². The minimum Gasteiger partial charge on any atom is -0.497 e. The number of carbonyl (C=O) groups is 1. The number of rotatable bonds is 6. The zero-order chi connectivity index (χ0) is 20.0. The molecule has 0 heterocycles. The van der Waals surface area contributed by atoms with Gasteiger partial charge in [0.2, 0.25) is 0 Å². The highest BCUT2D eigenvalue weighted by Crippen LogP contribution is 2.32. The Hall–Kier alpha value is -3.20. The molecule has 0 aliphatic heterocycles. The van der Waals surface area contributed by atoms with E-state index < -0.39 is 0 Å². The van der Waals surface area contributed by atoms with E-state index in [0.717, 1.165) is 17.5 Å². The maximum absolute atomic E-state index is 12.8. The summed E-state index contributed by atoms with van der Waals surface area (Å²) in [6, 6.07) is 12.5. The third-order valence-electron chi connectivity index (χ3n) is 4.65. The summed E-state index contributed by atoms with van der Waals surface area (Å²) in [7, 11) is 4.93. The molecule has 6 heteroatoms. The van der Waals surface area contributed by atoms with Gasteiger partial charge >= 0.3 is 6.03 Å². The zero-order valence-corrected chi connectivity index (χ0v) is 16.4. The van der Waals surface area contributed by atoms with Crippen LogP contribution in [0.15, 0.2) is 36.4 Å². The van der Waals surface area contributed by atoms with Gasteiger partial charge in [-0.2, -0.15) is 5.26 Å². The number of hydrogen-bond donors (Lipinski definition) is 1. The van der Waals surface area contributed by atoms with Gasteiger partial charge in [0.1, 0.15) is 11.5 Å². The van der Waals surface area contributed by atoms with Gasteiger partial charge in [-0.15, -0.1) is 0 Å². The highest BCUT2D eigenvalue weighted by atomic mass is 16.5. The van der Waals surface area contributed by atoms with Crippen molar-refractivity contribution in [1.29, 1.82) is 5.26 Å². The summed E-state index contributed by atoms with van der Waals surface area (Å²) in [6.07, 6.45) is 0.719. The Morgan fingerprint density at radius 3 is 2.56 bits per heavy atom. The number of amides is 2. The molecule has 142 valence electrons. The molecule has 2 aromatic rings. The molecule has 0 saturated carbocycles. The molecule has 1 atom stereocenters. The zero-order valence-electron chi connectivity index (χ0n) is 16.4. The van der Waals surface area contributed by atoms with Crippen LogP contribution in [0.4, 0.5) is 10.5 Å². The van der Waals surface area contributed by atoms with Crippen molar-refractivity contribution in [2.24, 2.45) is 0 Å². The van der Waals surface area contributed by atoms with Crippen molar-refractivity contribution in [3.63, 3.8) is 0 Å². The van der Waals surface area contributed by atoms with Gasteiger partial charge in [-0.25, -0.2) is 4.79 Å². The molecular formula is C21H25N3O3. The normalized spacial score (nSPS) is 11.3. The van der Waals surface area contributed by atoms with Gasteiger partial charge < -0.3 is 19.7 Å². The SMILES string of the molecule is CCc1cc(C#N)ccc1NC(=O)N(C)[C@H](C)c1ccc(OC)cc1OC. The summed E-state index contributed by atoms with van der Waals surface area (Å²) < 4.78 is 10.7. The fraction of sp³-hybridized carbons (Fsp3) is 0.333. The number of anilines is 1. The highest BCUT2D eigenvalue weighted by molar-refractivity contribution is 5.90. The molecule has 2 rings (SSSR count). The smallest absolute Gasteiger partial charge is 0.322 e. The summed E-state index contributed by atoms with van der Waals surface area (Å²) in [5.74, 6) is 1.36. The molecule has 0 fully saturated rings. The van der Waals surface area contributed by atoms with Crippen molar-refractivity contribution in [2.75, 3.05) is 26.6 Å². The fourth-order valence-corrected chi connectivity index (χ4v) is 2.83. The van der Waals surface area contributed by atoms with Crippen LogP contribution in [0.1, 0.15) is 36.6 Å². The molecule has 0 saturated heterocycles. The molecule has 27 heavy (non-hydrogen) atoms. The lowest BCUT2D eigenvalue weighted by Crippen LogP contribution is -2.34. The summed E-state index contributed by atoms with van der Waals surface area (Å²) in [6.45, 7) is 3.92. The van der Waals surface area contributed by atoms with Crippen molar-refractivity contribution in [3.8, 4) is 17.6 Å². The summed E-state index contributed by atoms with van der Waals surface area (Å²) in [5.41, 5.74) is 3.09. The average molecular weight is 367 g/mol. The number of nitrogens with zero attached hydrogens (tertiary/aromatic N) is 2. The second-order valence-corrected chi connectivity index (χ2v) is 6.16. The predicted octanol–water partition coefficient (Wildman–Crippen LogP) is 4.36. The number of ether oxygens (including phenoxy) is 2. The Labute approximate surface area is 160 Å². The maximum Gasteiger partial charge on any atom is 0.322 e. The monoisotopic (exact) mass is 367 g/mol. The molecule has 0 aliphatic rings. The number of carbonyl (C=O) groups excluding carboxylic acids is 1. The van der Waals surface area contributed by atoms with E-state index >= 15 is 0 Å². The molecule has 6 nitrogen and oxygen atoms in total. The highest BCUT2D eigenvalue weighted by Gasteiger charge is 2.21. The van der Waals surface area contributed by atoms with Crippen LogP contribution >= 0.6 is 0 Å². The van der Waals surface area contributed by atoms with E-state index in [1.165, 1.54) is 0 Å². The van der Waals surface area contributed by atoms with E-state index in [9.17, 15) is 4.79 Å². The van der Waals surface area contributed by atoms with Crippen LogP contribution in [0.3, 0.4) is 0 Å². The molecule has 0 spiro atoms. The van der Waals surface area contributed by atoms with Gasteiger partial charge in [-0.3, -0.25) is 0 Å². The lowest BCUT2D eigenvalue weighted by molar-refractivity contribution is 0.207. The van der Waals surface area contributed by atoms with Crippen LogP contribution in [0, 0.1) is 11.3 Å². The van der Waals surface area contributed by atoms with Crippen molar-refractivity contribution >= 4 is 11.7 Å². The first kappa shape index (κ1) is 20.1. The summed E-state index contributed by atoms with van der Waals surface area (Å²) in [4.78, 5) is 14.4. The summed E-state index contributed by atoms with van der Waals surface area (Å²) >= 11 is 0. The topological polar surface area (TPSA) is 74.6 Å². The molecule has 0 bridgehead atoms. The van der Waals surface area contributed by atoms with Gasteiger partial charge in [0.15, 0.2) is 0 Å². The molecule has 0 radical (unpaired) electrons. The van der Waals surface area contributed by atoms with Gasteiger partial charge in [0.25, 0.3) is 0 Å². The van der Waals surface area contributed by atoms with Crippen LogP contribution in [-0.2, 0) is 6.42 Å². The molecule has 1 N–H and O–H groups in total. The van der Waals surface area contributed by atoms with Crippen molar-refractivity contribution in [3.05, 3.63) is 53.1 Å². The van der Waals surface area contributed by atoms with Crippen molar-refractivity contribution in [2.45, 2.75) is 26.3 Å². The second-order valence-electron chi connectivity index (χ2n) is 6.16. The number of nitrogens with one attached hydrogen (secondary N) is 1. The average Bonchev–Trinajstić information content (AvgIpc) is 2.72. The number of benzene rings is 2. The lowest BCUT2D eigenvalue weighted by Gasteiger charge is -2.27. The summed E-state index contributed by atoms with van der Waals surface area (Å²) in [5, 5.41) is 12.0. The van der Waals surface area contributed by atoms with E-state index in [2.05, 4.69) is 11.4 Å². The van der Waals surface area contributed by atoms with E-state index in [-0.39, 0.29) is 12.1 Å². The molecule has 2 aromatic carbocycles. The van der Waals surface area contributed by atoms with Crippen LogP contribution in [0.25, 0.3) is 0 Å². The number of methoxy groups -OCH3 is 2. The number of hydrogen-bond acceptors (Lipinski definition) is 4. The quantitative estimate of drug-likeness (QED) is 0.823. The Morgan fingerprint density at radius 2 is 1.96 bits per heavy atom. The van der Waals surface area contributed by atoms with Crippen LogP contribution in [0.2, 0.25) is 0 Å². The second kappa shape index (κ2) is 8.95. The van der Waals surface area contributed by atoms with E-state index in [1.807, 2.05) is 26.0 Å². The molecule has 0 aromatic heterocycles. The van der Waals surface area contributed by atoms with E-state index in [0.29, 0.717) is 22.7 Å². The first-order chi connectivity index (χ1) is 12.9. The number of nitriles is 1. The Kier molecular flexibility index (Phi) is 6.67. The Balaban J connectivity index is 2.21. The minimum atomic E-state index is -0.236. The van der Waals surface area contributed by atoms with Crippen molar-refractivity contribution < 1.29 is 14.3 Å². The standard InChI is InChI=1S/C21H25N3O3/c1-6-16-11-15(13-22)7-10-19(16)23-21(25)24(3)14(2)18-9-8-17(26-4)12-20(18)27-5/h7-12,14H,6H2,1-5H3,(H,23,25)/t14-/m1/s1. The van der Waals surface area contributed by atoms with Gasteiger partial charge in [0, 0.05) is 24.4 Å². The third kappa shape index (κ3) is 4.50. The van der Waals surface area contributed by atoms with Gasteiger partial charge in [-0.05, 0) is 49.2 Å². The Morgan fingerprint density at radius 1 is 1.22 bits per heavy atom. The first-order valence-corrected chi connectivity index (χ1v) is 8.73. The fourth-order valence-electron chi connectivity index (χ4n) is 2.83. The lowest BCUT2D eigenvalue weighted by atomic mass is 10.1.